The number of nitrogens with zero attached hydrogens (tertiary/aromatic N) is 4. The quantitative estimate of drug-likeness (QED) is 0.542. The molecule has 0 radical (unpaired) electrons. The maximum absolute atomic E-state index is 6.04. The number of anilines is 1. The molecule has 26 heavy (non-hydrogen) atoms. The van der Waals surface area contributed by atoms with Crippen LogP contribution in [0, 0.1) is 0 Å². The van der Waals surface area contributed by atoms with Gasteiger partial charge in [0.25, 0.3) is 0 Å². The van der Waals surface area contributed by atoms with Crippen molar-refractivity contribution >= 4 is 33.3 Å². The number of benzene rings is 2. The number of hydrogen-bond donors (Lipinski definition) is 0. The lowest BCUT2D eigenvalue weighted by molar-refractivity contribution is 0.572. The Morgan fingerprint density at radius 3 is 2.15 bits per heavy atom. The van der Waals surface area contributed by atoms with Crippen molar-refractivity contribution in [3.05, 3.63) is 58.0 Å². The van der Waals surface area contributed by atoms with Crippen LogP contribution in [0.3, 0.4) is 0 Å². The van der Waals surface area contributed by atoms with Gasteiger partial charge in [-0.05, 0) is 43.5 Å². The molecular formula is C20H18BrClN4. The Bertz CT molecular complexity index is 891. The van der Waals surface area contributed by atoms with Crippen LogP contribution in [-0.2, 0) is 0 Å². The van der Waals surface area contributed by atoms with Crippen LogP contribution in [-0.4, -0.2) is 28.3 Å². The van der Waals surface area contributed by atoms with E-state index < -0.39 is 0 Å². The summed E-state index contributed by atoms with van der Waals surface area (Å²) in [5, 5.41) is 9.65. The molecule has 3 aromatic rings. The molecule has 0 saturated carbocycles. The number of piperidine rings is 1. The van der Waals surface area contributed by atoms with Crippen molar-refractivity contribution in [3.63, 3.8) is 0 Å². The topological polar surface area (TPSA) is 41.9 Å². The molecule has 2 heterocycles. The van der Waals surface area contributed by atoms with Crippen LogP contribution < -0.4 is 4.90 Å². The number of rotatable bonds is 3. The first-order chi connectivity index (χ1) is 12.7. The second-order valence-electron chi connectivity index (χ2n) is 6.37. The van der Waals surface area contributed by atoms with E-state index in [2.05, 4.69) is 31.0 Å². The Hall–Kier alpha value is -1.98. The average Bonchev–Trinajstić information content (AvgIpc) is 2.69. The zero-order valence-corrected chi connectivity index (χ0v) is 16.5. The zero-order chi connectivity index (χ0) is 17.9. The summed E-state index contributed by atoms with van der Waals surface area (Å²) in [4.78, 5) is 7.22. The van der Waals surface area contributed by atoms with E-state index >= 15 is 0 Å². The average molecular weight is 430 g/mol. The summed E-state index contributed by atoms with van der Waals surface area (Å²) >= 11 is 9.51. The Labute approximate surface area is 166 Å². The van der Waals surface area contributed by atoms with E-state index in [1.54, 1.807) is 0 Å². The molecule has 0 N–H and O–H groups in total. The second kappa shape index (κ2) is 7.72. The molecule has 4 rings (SSSR count). The van der Waals surface area contributed by atoms with Gasteiger partial charge >= 0.3 is 0 Å². The summed E-state index contributed by atoms with van der Waals surface area (Å²) in [6, 6.07) is 15.7. The summed E-state index contributed by atoms with van der Waals surface area (Å²) in [5.41, 5.74) is 2.75. The number of halogens is 2. The largest absolute Gasteiger partial charge is 0.355 e. The minimum Gasteiger partial charge on any atom is -0.355 e. The van der Waals surface area contributed by atoms with Gasteiger partial charge in [-0.3, -0.25) is 0 Å². The molecule has 2 aromatic carbocycles. The highest BCUT2D eigenvalue weighted by Crippen LogP contribution is 2.31. The Balaban J connectivity index is 1.80. The van der Waals surface area contributed by atoms with Crippen LogP contribution in [0.15, 0.2) is 53.0 Å². The van der Waals surface area contributed by atoms with Crippen LogP contribution in [0.4, 0.5) is 5.82 Å². The van der Waals surface area contributed by atoms with Gasteiger partial charge in [-0.25, -0.2) is 4.98 Å². The molecule has 1 saturated heterocycles. The van der Waals surface area contributed by atoms with Gasteiger partial charge in [0, 0.05) is 33.7 Å². The van der Waals surface area contributed by atoms with Gasteiger partial charge in [-0.15, -0.1) is 10.2 Å². The first-order valence-electron chi connectivity index (χ1n) is 8.72. The zero-order valence-electron chi connectivity index (χ0n) is 14.2. The molecule has 1 aliphatic rings. The van der Waals surface area contributed by atoms with Crippen LogP contribution in [0.5, 0.6) is 0 Å². The van der Waals surface area contributed by atoms with Gasteiger partial charge in [0.1, 0.15) is 5.69 Å². The fourth-order valence-corrected chi connectivity index (χ4v) is 3.55. The molecule has 1 aromatic heterocycles. The lowest BCUT2D eigenvalue weighted by Gasteiger charge is -2.29. The van der Waals surface area contributed by atoms with Crippen molar-refractivity contribution < 1.29 is 0 Å². The summed E-state index contributed by atoms with van der Waals surface area (Å²) in [7, 11) is 0. The normalized spacial score (nSPS) is 14.5. The molecule has 1 fully saturated rings. The highest BCUT2D eigenvalue weighted by molar-refractivity contribution is 9.10. The summed E-state index contributed by atoms with van der Waals surface area (Å²) in [6.45, 7) is 2.00. The minimum atomic E-state index is 0.649. The van der Waals surface area contributed by atoms with Crippen LogP contribution in [0.25, 0.3) is 22.6 Å². The predicted octanol–water partition coefficient (Wildman–Crippen LogP) is 5.61. The molecule has 0 spiro atoms. The predicted molar refractivity (Wildman–Crippen MR) is 109 cm³/mol. The van der Waals surface area contributed by atoms with Gasteiger partial charge in [-0.2, -0.15) is 0 Å². The number of hydrogen-bond acceptors (Lipinski definition) is 4. The molecule has 0 aliphatic carbocycles. The Kier molecular flexibility index (Phi) is 5.18. The lowest BCUT2D eigenvalue weighted by Crippen LogP contribution is -2.31. The molecule has 0 atom stereocenters. The van der Waals surface area contributed by atoms with Crippen molar-refractivity contribution in [3.8, 4) is 22.6 Å². The summed E-state index contributed by atoms with van der Waals surface area (Å²) in [6.07, 6.45) is 3.63. The van der Waals surface area contributed by atoms with Crippen molar-refractivity contribution in [2.24, 2.45) is 0 Å². The first-order valence-corrected chi connectivity index (χ1v) is 9.89. The van der Waals surface area contributed by atoms with Crippen molar-refractivity contribution in [1.29, 1.82) is 0 Å². The molecule has 0 amide bonds. The third-order valence-corrected chi connectivity index (χ3v) is 5.32. The maximum atomic E-state index is 6.04. The fraction of sp³-hybridized carbons (Fsp3) is 0.250. The third kappa shape index (κ3) is 3.74. The van der Waals surface area contributed by atoms with Crippen LogP contribution in [0.1, 0.15) is 19.3 Å². The SMILES string of the molecule is Clc1ccc(-c2nnc(-c3ccc(Br)cc3)nc2N2CCCCC2)cc1. The number of aromatic nitrogens is 3. The Morgan fingerprint density at radius 1 is 0.808 bits per heavy atom. The lowest BCUT2D eigenvalue weighted by atomic mass is 10.1. The van der Waals surface area contributed by atoms with Gasteiger partial charge < -0.3 is 4.90 Å². The third-order valence-electron chi connectivity index (χ3n) is 4.54. The van der Waals surface area contributed by atoms with Gasteiger partial charge in [-0.1, -0.05) is 51.8 Å². The summed E-state index contributed by atoms with van der Waals surface area (Å²) < 4.78 is 1.03. The highest BCUT2D eigenvalue weighted by atomic mass is 79.9. The molecule has 1 aliphatic heterocycles. The smallest absolute Gasteiger partial charge is 0.183 e. The van der Waals surface area contributed by atoms with E-state index in [0.717, 1.165) is 40.2 Å². The van der Waals surface area contributed by atoms with Gasteiger partial charge in [0.2, 0.25) is 0 Å². The van der Waals surface area contributed by atoms with Crippen molar-refractivity contribution in [2.45, 2.75) is 19.3 Å². The van der Waals surface area contributed by atoms with Crippen LogP contribution >= 0.6 is 27.5 Å². The van der Waals surface area contributed by atoms with Gasteiger partial charge in [0.15, 0.2) is 11.6 Å². The van der Waals surface area contributed by atoms with Crippen LogP contribution in [0.2, 0.25) is 5.02 Å². The van der Waals surface area contributed by atoms with E-state index in [-0.39, 0.29) is 0 Å². The molecule has 4 nitrogen and oxygen atoms in total. The molecular weight excluding hydrogens is 412 g/mol. The van der Waals surface area contributed by atoms with Gasteiger partial charge in [0.05, 0.1) is 0 Å². The van der Waals surface area contributed by atoms with Crippen molar-refractivity contribution in [2.75, 3.05) is 18.0 Å². The van der Waals surface area contributed by atoms with E-state index in [4.69, 9.17) is 16.6 Å². The Morgan fingerprint density at radius 2 is 1.46 bits per heavy atom. The summed E-state index contributed by atoms with van der Waals surface area (Å²) in [5.74, 6) is 1.55. The highest BCUT2D eigenvalue weighted by Gasteiger charge is 2.20. The first kappa shape index (κ1) is 17.4. The minimum absolute atomic E-state index is 0.649. The maximum Gasteiger partial charge on any atom is 0.183 e. The molecule has 6 heteroatoms. The second-order valence-corrected chi connectivity index (χ2v) is 7.72. The van der Waals surface area contributed by atoms with E-state index in [1.807, 2.05) is 48.5 Å². The molecule has 0 unspecified atom stereocenters. The van der Waals surface area contributed by atoms with E-state index in [1.165, 1.54) is 19.3 Å². The van der Waals surface area contributed by atoms with Crippen molar-refractivity contribution in [1.82, 2.24) is 15.2 Å². The molecule has 132 valence electrons. The monoisotopic (exact) mass is 428 g/mol. The molecule has 0 bridgehead atoms. The van der Waals surface area contributed by atoms with E-state index in [0.29, 0.717) is 10.8 Å². The van der Waals surface area contributed by atoms with E-state index in [9.17, 15) is 0 Å². The standard InChI is InChI=1S/C20H18BrClN4/c21-16-8-4-15(5-9-16)19-23-20(26-12-2-1-3-13-26)18(24-25-19)14-6-10-17(22)11-7-14/h4-11H,1-3,12-13H2. The fourth-order valence-electron chi connectivity index (χ4n) is 3.16.